The lowest BCUT2D eigenvalue weighted by Crippen LogP contribution is -2.66. The minimum absolute atomic E-state index is 0.00862. The van der Waals surface area contributed by atoms with Gasteiger partial charge in [-0.2, -0.15) is 0 Å². The molecule has 1 saturated heterocycles. The van der Waals surface area contributed by atoms with Crippen molar-refractivity contribution in [3.63, 3.8) is 0 Å². The quantitative estimate of drug-likeness (QED) is 0.279. The average Bonchev–Trinajstić information content (AvgIpc) is 2.87. The molecule has 11 heteroatoms. The number of phenolic OH excluding ortho intramolecular Hbond substituents is 1. The molecule has 11 nitrogen and oxygen atoms in total. The largest absolute Gasteiger partial charge is 0.508 e. The van der Waals surface area contributed by atoms with E-state index in [9.17, 15) is 30.0 Å². The third kappa shape index (κ3) is 7.13. The highest BCUT2D eigenvalue weighted by Gasteiger charge is 2.45. The number of phenols is 1. The molecular formula is C24H30N2O9. The summed E-state index contributed by atoms with van der Waals surface area (Å²) in [5.74, 6) is -0.676. The first-order valence-corrected chi connectivity index (χ1v) is 11.0. The third-order valence-electron chi connectivity index (χ3n) is 5.62. The number of ether oxygens (including phenoxy) is 3. The fourth-order valence-corrected chi connectivity index (χ4v) is 3.70. The second kappa shape index (κ2) is 12.5. The predicted octanol–water partition coefficient (Wildman–Crippen LogP) is -0.200. The van der Waals surface area contributed by atoms with Crippen molar-refractivity contribution >= 4 is 12.0 Å². The molecule has 1 heterocycles. The van der Waals surface area contributed by atoms with Gasteiger partial charge in [-0.15, -0.1) is 0 Å². The van der Waals surface area contributed by atoms with Gasteiger partial charge in [0.15, 0.2) is 6.29 Å². The summed E-state index contributed by atoms with van der Waals surface area (Å²) in [7, 11) is 1.27. The standard InChI is InChI=1S/C24H30N2O9/c1-33-23-21(30)19(20(29)18(12-27)35-23)26-22(31)17(11-14-7-9-16(28)10-8-14)25-24(32)34-13-15-5-3-2-4-6-15/h2-10,17-21,23,27-30H,11-13H2,1H3,(H,25,32)(H,26,31)/t17-,18+,19-,20-,21-,23-/m1/s1. The number of amides is 2. The van der Waals surface area contributed by atoms with Crippen LogP contribution in [0.25, 0.3) is 0 Å². The molecule has 1 fully saturated rings. The number of benzene rings is 2. The Bertz CT molecular complexity index is 941. The van der Waals surface area contributed by atoms with Crippen LogP contribution >= 0.6 is 0 Å². The average molecular weight is 491 g/mol. The highest BCUT2D eigenvalue weighted by atomic mass is 16.7. The SMILES string of the molecule is CO[C@@H]1O[C@@H](CO)[C@@H](O)[C@@H](NC(=O)[C@@H](Cc2ccc(O)cc2)NC(=O)OCc2ccccc2)[C@H]1O. The zero-order chi connectivity index (χ0) is 25.4. The molecule has 190 valence electrons. The minimum atomic E-state index is -1.44. The van der Waals surface area contributed by atoms with Crippen molar-refractivity contribution in [1.82, 2.24) is 10.6 Å². The van der Waals surface area contributed by atoms with Gasteiger partial charge in [0.1, 0.15) is 36.7 Å². The number of rotatable bonds is 9. The van der Waals surface area contributed by atoms with E-state index in [0.29, 0.717) is 5.56 Å². The summed E-state index contributed by atoms with van der Waals surface area (Å²) in [6.07, 6.45) is -6.00. The summed E-state index contributed by atoms with van der Waals surface area (Å²) in [4.78, 5) is 25.6. The van der Waals surface area contributed by atoms with Gasteiger partial charge >= 0.3 is 6.09 Å². The molecule has 6 atom stereocenters. The number of nitrogens with one attached hydrogen (secondary N) is 2. The number of hydrogen-bond donors (Lipinski definition) is 6. The van der Waals surface area contributed by atoms with Gasteiger partial charge in [-0.25, -0.2) is 4.79 Å². The number of carbonyl (C=O) groups is 2. The van der Waals surface area contributed by atoms with Gasteiger partial charge in [0.25, 0.3) is 0 Å². The number of aromatic hydroxyl groups is 1. The summed E-state index contributed by atoms with van der Waals surface area (Å²) in [6.45, 7) is -0.577. The zero-order valence-corrected chi connectivity index (χ0v) is 19.1. The van der Waals surface area contributed by atoms with Crippen molar-refractivity contribution < 1.29 is 44.2 Å². The van der Waals surface area contributed by atoms with Crippen LogP contribution in [0.3, 0.4) is 0 Å². The highest BCUT2D eigenvalue weighted by Crippen LogP contribution is 2.22. The smallest absolute Gasteiger partial charge is 0.408 e. The van der Waals surface area contributed by atoms with Crippen LogP contribution in [0.1, 0.15) is 11.1 Å². The molecule has 0 aromatic heterocycles. The van der Waals surface area contributed by atoms with Gasteiger partial charge in [-0.05, 0) is 23.3 Å². The van der Waals surface area contributed by atoms with Crippen molar-refractivity contribution in [2.75, 3.05) is 13.7 Å². The minimum Gasteiger partial charge on any atom is -0.508 e. The fourth-order valence-electron chi connectivity index (χ4n) is 3.70. The Balaban J connectivity index is 1.73. The topological polar surface area (TPSA) is 167 Å². The second-order valence-electron chi connectivity index (χ2n) is 8.11. The summed E-state index contributed by atoms with van der Waals surface area (Å²) in [5, 5.41) is 45.1. The van der Waals surface area contributed by atoms with Crippen LogP contribution in [0, 0.1) is 0 Å². The van der Waals surface area contributed by atoms with Crippen LogP contribution < -0.4 is 10.6 Å². The molecule has 2 aromatic rings. The summed E-state index contributed by atoms with van der Waals surface area (Å²) in [5.41, 5.74) is 1.39. The molecule has 1 aliphatic heterocycles. The molecule has 35 heavy (non-hydrogen) atoms. The molecule has 0 bridgehead atoms. The van der Waals surface area contributed by atoms with Crippen molar-refractivity contribution in [3.8, 4) is 5.75 Å². The molecule has 3 rings (SSSR count). The molecular weight excluding hydrogens is 460 g/mol. The first kappa shape index (κ1) is 26.4. The Hall–Kier alpha value is -3.22. The lowest BCUT2D eigenvalue weighted by molar-refractivity contribution is -0.271. The van der Waals surface area contributed by atoms with Crippen LogP contribution in [0.15, 0.2) is 54.6 Å². The van der Waals surface area contributed by atoms with Crippen LogP contribution in [-0.4, -0.2) is 82.8 Å². The first-order chi connectivity index (χ1) is 16.8. The van der Waals surface area contributed by atoms with E-state index in [0.717, 1.165) is 5.56 Å². The normalized spacial score (nSPS) is 24.9. The molecule has 2 aromatic carbocycles. The molecule has 0 saturated carbocycles. The van der Waals surface area contributed by atoms with E-state index in [1.54, 1.807) is 36.4 Å². The van der Waals surface area contributed by atoms with E-state index in [1.165, 1.54) is 19.2 Å². The number of alkyl carbamates (subject to hydrolysis) is 1. The first-order valence-electron chi connectivity index (χ1n) is 11.0. The van der Waals surface area contributed by atoms with Crippen molar-refractivity contribution in [3.05, 3.63) is 65.7 Å². The number of carbonyl (C=O) groups excluding carboxylic acids is 2. The molecule has 0 radical (unpaired) electrons. The molecule has 6 N–H and O–H groups in total. The summed E-state index contributed by atoms with van der Waals surface area (Å²) < 4.78 is 15.6. The van der Waals surface area contributed by atoms with Gasteiger partial charge in [0.2, 0.25) is 5.91 Å². The van der Waals surface area contributed by atoms with Gasteiger partial charge in [-0.1, -0.05) is 42.5 Å². The Labute approximate surface area is 202 Å². The van der Waals surface area contributed by atoms with Crippen LogP contribution in [0.4, 0.5) is 4.79 Å². The Morgan fingerprint density at radius 3 is 2.34 bits per heavy atom. The van der Waals surface area contributed by atoms with Gasteiger partial charge in [0.05, 0.1) is 12.6 Å². The van der Waals surface area contributed by atoms with E-state index < -0.39 is 55.3 Å². The Morgan fingerprint density at radius 1 is 1.03 bits per heavy atom. The maximum Gasteiger partial charge on any atom is 0.408 e. The molecule has 1 aliphatic rings. The van der Waals surface area contributed by atoms with E-state index in [1.807, 2.05) is 6.07 Å². The van der Waals surface area contributed by atoms with E-state index in [4.69, 9.17) is 14.2 Å². The van der Waals surface area contributed by atoms with Gasteiger partial charge < -0.3 is 45.3 Å². The van der Waals surface area contributed by atoms with Crippen LogP contribution in [-0.2, 0) is 32.0 Å². The molecule has 0 spiro atoms. The van der Waals surface area contributed by atoms with Crippen LogP contribution in [0.2, 0.25) is 0 Å². The maximum atomic E-state index is 13.2. The van der Waals surface area contributed by atoms with E-state index >= 15 is 0 Å². The monoisotopic (exact) mass is 490 g/mol. The van der Waals surface area contributed by atoms with E-state index in [2.05, 4.69) is 10.6 Å². The van der Waals surface area contributed by atoms with Crippen molar-refractivity contribution in [2.24, 2.45) is 0 Å². The Kier molecular flexibility index (Phi) is 9.40. The lowest BCUT2D eigenvalue weighted by Gasteiger charge is -2.42. The number of methoxy groups -OCH3 is 1. The van der Waals surface area contributed by atoms with Gasteiger partial charge in [0, 0.05) is 13.5 Å². The summed E-state index contributed by atoms with van der Waals surface area (Å²) in [6, 6.07) is 12.7. The fraction of sp³-hybridized carbons (Fsp3) is 0.417. The van der Waals surface area contributed by atoms with E-state index in [-0.39, 0.29) is 18.8 Å². The molecule has 0 aliphatic carbocycles. The van der Waals surface area contributed by atoms with Gasteiger partial charge in [-0.3, -0.25) is 4.79 Å². The number of hydrogen-bond acceptors (Lipinski definition) is 9. The second-order valence-corrected chi connectivity index (χ2v) is 8.11. The number of aliphatic hydroxyl groups is 3. The Morgan fingerprint density at radius 2 is 1.71 bits per heavy atom. The molecule has 0 unspecified atom stereocenters. The molecule has 2 amide bonds. The summed E-state index contributed by atoms with van der Waals surface area (Å²) >= 11 is 0. The van der Waals surface area contributed by atoms with Crippen LogP contribution in [0.5, 0.6) is 5.75 Å². The highest BCUT2D eigenvalue weighted by molar-refractivity contribution is 5.86. The maximum absolute atomic E-state index is 13.2. The number of aliphatic hydroxyl groups excluding tert-OH is 3. The lowest BCUT2D eigenvalue weighted by atomic mass is 9.95. The zero-order valence-electron chi connectivity index (χ0n) is 19.1. The predicted molar refractivity (Wildman–Crippen MR) is 122 cm³/mol. The van der Waals surface area contributed by atoms with Crippen molar-refractivity contribution in [2.45, 2.75) is 49.7 Å². The van der Waals surface area contributed by atoms with Crippen molar-refractivity contribution in [1.29, 1.82) is 0 Å². The third-order valence-corrected chi connectivity index (χ3v) is 5.62.